The Morgan fingerprint density at radius 3 is 2.41 bits per heavy atom. The number of carbonyl (C=O) groups excluding carboxylic acids is 1. The summed E-state index contributed by atoms with van der Waals surface area (Å²) in [6.45, 7) is 2.96. The van der Waals surface area contributed by atoms with Gasteiger partial charge in [0.1, 0.15) is 61.6 Å². The molecule has 1 aliphatic carbocycles. The minimum atomic E-state index is -5.09. The van der Waals surface area contributed by atoms with Crippen molar-refractivity contribution in [2.75, 3.05) is 13.4 Å². The zero-order valence-electron chi connectivity index (χ0n) is 26.1. The number of aliphatic hydroxyl groups is 4. The Bertz CT molecular complexity index is 1640. The summed E-state index contributed by atoms with van der Waals surface area (Å²) in [4.78, 5) is 32.1. The van der Waals surface area contributed by atoms with Gasteiger partial charge in [0, 0.05) is 12.0 Å². The van der Waals surface area contributed by atoms with Gasteiger partial charge in [-0.05, 0) is 67.5 Å². The molecule has 9 atom stereocenters. The largest absolute Gasteiger partial charge is 0.524 e. The van der Waals surface area contributed by atoms with Gasteiger partial charge in [-0.1, -0.05) is 17.7 Å². The summed E-state index contributed by atoms with van der Waals surface area (Å²) in [7, 11) is -5.09. The Labute approximate surface area is 284 Å². The lowest BCUT2D eigenvalue weighted by Gasteiger charge is -2.41. The lowest BCUT2D eigenvalue weighted by atomic mass is 9.83. The summed E-state index contributed by atoms with van der Waals surface area (Å²) < 4.78 is 57.6. The molecule has 268 valence electrons. The molecule has 49 heavy (non-hydrogen) atoms. The van der Waals surface area contributed by atoms with E-state index in [-0.39, 0.29) is 53.2 Å². The van der Waals surface area contributed by atoms with E-state index in [2.05, 4.69) is 5.32 Å². The Hall–Kier alpha value is -3.12. The molecule has 2 aliphatic heterocycles. The molecule has 0 radical (unpaired) electrons. The van der Waals surface area contributed by atoms with Crippen molar-refractivity contribution >= 4 is 31.4 Å². The summed E-state index contributed by atoms with van der Waals surface area (Å²) in [5, 5.41) is 44.7. The molecule has 0 bridgehead atoms. The monoisotopic (exact) mass is 731 g/mol. The lowest BCUT2D eigenvalue weighted by Crippen LogP contribution is -2.67. The van der Waals surface area contributed by atoms with Crippen molar-refractivity contribution in [1.29, 1.82) is 0 Å². The number of rotatable bonds is 11. The fraction of sp³-hybridized carbons (Fsp3) is 0.452. The summed E-state index contributed by atoms with van der Waals surface area (Å²) in [5.74, 6) is -1.49. The standard InChI is InChI=1S/C31H36ClFNO14P/c1-14(7-8-43-20-6-4-17(33)11-18(20)32)28-19(35)12-23(47-28)46-21-5-3-16(10-22(21)48-49(40,41)42)9-15(2)31(39)34-24-25(36)27(38)30-29(26(24)37)44-13-45-30/h3-7,9-11,19,23-30,35-38H,8,12-13H2,1-2H3,(H,34,39)(H2,40,41,42). The maximum absolute atomic E-state index is 13.3. The number of halogens is 2. The first-order valence-electron chi connectivity index (χ1n) is 15.0. The van der Waals surface area contributed by atoms with Crippen LogP contribution in [0.4, 0.5) is 4.39 Å². The number of fused-ring (bicyclic) bond motifs is 1. The molecular weight excluding hydrogens is 696 g/mol. The number of phosphoric acid groups is 1. The van der Waals surface area contributed by atoms with Crippen LogP contribution in [0.25, 0.3) is 6.08 Å². The number of benzene rings is 2. The van der Waals surface area contributed by atoms with E-state index < -0.39 is 74.6 Å². The van der Waals surface area contributed by atoms with Crippen LogP contribution in [-0.4, -0.2) is 105 Å². The lowest BCUT2D eigenvalue weighted by molar-refractivity contribution is -0.155. The second-order valence-corrected chi connectivity index (χ2v) is 13.3. The number of hydrogen-bond acceptors (Lipinski definition) is 12. The summed E-state index contributed by atoms with van der Waals surface area (Å²) in [5.41, 5.74) is 0.906. The molecule has 0 aromatic heterocycles. The highest BCUT2D eigenvalue weighted by Crippen LogP contribution is 2.44. The maximum atomic E-state index is 13.3. The molecule has 2 saturated heterocycles. The van der Waals surface area contributed by atoms with E-state index in [1.165, 1.54) is 43.3 Å². The summed E-state index contributed by atoms with van der Waals surface area (Å²) >= 11 is 5.98. The normalized spacial score (nSPS) is 30.5. The van der Waals surface area contributed by atoms with Crippen LogP contribution in [0.1, 0.15) is 25.8 Å². The fourth-order valence-electron chi connectivity index (χ4n) is 5.68. The van der Waals surface area contributed by atoms with Crippen LogP contribution >= 0.6 is 19.4 Å². The Morgan fingerprint density at radius 2 is 1.71 bits per heavy atom. The number of carbonyl (C=O) groups is 1. The van der Waals surface area contributed by atoms with E-state index in [1.54, 1.807) is 13.0 Å². The van der Waals surface area contributed by atoms with Gasteiger partial charge in [-0.15, -0.1) is 0 Å². The van der Waals surface area contributed by atoms with Gasteiger partial charge in [0.25, 0.3) is 0 Å². The molecule has 2 heterocycles. The Kier molecular flexibility index (Phi) is 11.7. The molecule has 7 N–H and O–H groups in total. The predicted octanol–water partition coefficient (Wildman–Crippen LogP) is 1.56. The second kappa shape index (κ2) is 15.4. The molecule has 3 fully saturated rings. The third-order valence-corrected chi connectivity index (χ3v) is 8.88. The van der Waals surface area contributed by atoms with Crippen LogP contribution in [-0.2, 0) is 23.6 Å². The van der Waals surface area contributed by atoms with E-state index in [1.807, 2.05) is 0 Å². The SMILES string of the molecule is CC(=Cc1ccc(OC2CC(O)C(C(C)=CCOc3ccc(F)cc3Cl)O2)c(OP(=O)(O)O)c1)C(=O)NC1C(O)C(O)C2OCOC2C1O. The zero-order valence-corrected chi connectivity index (χ0v) is 27.7. The number of phosphoric ester groups is 1. The number of hydrogen-bond donors (Lipinski definition) is 7. The van der Waals surface area contributed by atoms with E-state index in [9.17, 15) is 44.0 Å². The summed E-state index contributed by atoms with van der Waals surface area (Å²) in [6.07, 6.45) is -6.18. The van der Waals surface area contributed by atoms with Crippen molar-refractivity contribution < 1.29 is 72.2 Å². The van der Waals surface area contributed by atoms with Crippen LogP contribution in [0, 0.1) is 5.82 Å². The highest BCUT2D eigenvalue weighted by molar-refractivity contribution is 7.46. The minimum absolute atomic E-state index is 0.0108. The minimum Gasteiger partial charge on any atom is -0.488 e. The molecule has 2 aromatic rings. The van der Waals surface area contributed by atoms with E-state index in [4.69, 9.17) is 39.8 Å². The topological polar surface area (TPSA) is 223 Å². The van der Waals surface area contributed by atoms with Crippen molar-refractivity contribution in [2.45, 2.75) is 75.3 Å². The average molecular weight is 732 g/mol. The zero-order chi connectivity index (χ0) is 35.6. The highest BCUT2D eigenvalue weighted by Gasteiger charge is 2.53. The molecule has 0 spiro atoms. The molecule has 2 aromatic carbocycles. The van der Waals surface area contributed by atoms with E-state index in [0.29, 0.717) is 5.57 Å². The molecule has 1 amide bonds. The van der Waals surface area contributed by atoms with Gasteiger partial charge in [-0.2, -0.15) is 0 Å². The van der Waals surface area contributed by atoms with Crippen molar-refractivity contribution in [2.24, 2.45) is 0 Å². The average Bonchev–Trinajstić information content (AvgIpc) is 3.66. The fourth-order valence-corrected chi connectivity index (χ4v) is 6.30. The first-order valence-corrected chi connectivity index (χ1v) is 16.9. The molecule has 3 aliphatic rings. The smallest absolute Gasteiger partial charge is 0.488 e. The van der Waals surface area contributed by atoms with Crippen molar-refractivity contribution in [3.05, 3.63) is 70.0 Å². The Balaban J connectivity index is 1.25. The third-order valence-electron chi connectivity index (χ3n) is 8.15. The van der Waals surface area contributed by atoms with E-state index >= 15 is 0 Å². The quantitative estimate of drug-likeness (QED) is 0.0991. The number of ether oxygens (including phenoxy) is 5. The van der Waals surface area contributed by atoms with Gasteiger partial charge in [0.15, 0.2) is 11.5 Å². The van der Waals surface area contributed by atoms with Crippen LogP contribution in [0.15, 0.2) is 53.6 Å². The van der Waals surface area contributed by atoms with Crippen LogP contribution in [0.2, 0.25) is 5.02 Å². The second-order valence-electron chi connectivity index (χ2n) is 11.7. The number of aliphatic hydroxyl groups excluding tert-OH is 4. The van der Waals surface area contributed by atoms with Crippen molar-refractivity contribution in [3.63, 3.8) is 0 Å². The maximum Gasteiger partial charge on any atom is 0.524 e. The molecule has 9 unspecified atom stereocenters. The number of amides is 1. The Morgan fingerprint density at radius 1 is 1.02 bits per heavy atom. The predicted molar refractivity (Wildman–Crippen MR) is 168 cm³/mol. The molecule has 18 heteroatoms. The molecule has 5 rings (SSSR count). The highest BCUT2D eigenvalue weighted by atomic mass is 35.5. The first kappa shape index (κ1) is 37.1. The van der Waals surface area contributed by atoms with Gasteiger partial charge in [-0.3, -0.25) is 14.6 Å². The van der Waals surface area contributed by atoms with Crippen molar-refractivity contribution in [3.8, 4) is 17.2 Å². The van der Waals surface area contributed by atoms with Crippen LogP contribution < -0.4 is 19.3 Å². The van der Waals surface area contributed by atoms with Gasteiger partial charge in [-0.25, -0.2) is 8.96 Å². The van der Waals surface area contributed by atoms with Gasteiger partial charge in [0.05, 0.1) is 17.2 Å². The third kappa shape index (κ3) is 8.98. The van der Waals surface area contributed by atoms with Crippen LogP contribution in [0.3, 0.4) is 0 Å². The molecular formula is C31H36ClFNO14P. The number of nitrogens with one attached hydrogen (secondary N) is 1. The summed E-state index contributed by atoms with van der Waals surface area (Å²) in [6, 6.07) is 6.42. The van der Waals surface area contributed by atoms with Gasteiger partial charge in [0.2, 0.25) is 12.2 Å². The van der Waals surface area contributed by atoms with E-state index in [0.717, 1.165) is 6.07 Å². The van der Waals surface area contributed by atoms with Gasteiger partial charge < -0.3 is 54.0 Å². The van der Waals surface area contributed by atoms with Crippen molar-refractivity contribution in [1.82, 2.24) is 5.32 Å². The molecule has 15 nitrogen and oxygen atoms in total. The first-order chi connectivity index (χ1) is 23.1. The van der Waals surface area contributed by atoms with Gasteiger partial charge >= 0.3 is 7.82 Å². The molecule has 1 saturated carbocycles. The van der Waals surface area contributed by atoms with Crippen LogP contribution in [0.5, 0.6) is 17.2 Å².